The van der Waals surface area contributed by atoms with Gasteiger partial charge in [-0.1, -0.05) is 39.0 Å². The lowest BCUT2D eigenvalue weighted by atomic mass is 9.86. The van der Waals surface area contributed by atoms with Gasteiger partial charge in [0.05, 0.1) is 0 Å². The van der Waals surface area contributed by atoms with E-state index in [0.29, 0.717) is 11.3 Å². The molecule has 21 heavy (non-hydrogen) atoms. The van der Waals surface area contributed by atoms with E-state index >= 15 is 0 Å². The number of nitrogen functional groups attached to an aromatic ring is 1. The number of para-hydroxylation sites is 1. The Hall–Kier alpha value is -1.81. The molecule has 3 nitrogen and oxygen atoms in total. The maximum Gasteiger partial charge on any atom is 0.255 e. The maximum atomic E-state index is 12.4. The van der Waals surface area contributed by atoms with Crippen molar-refractivity contribution >= 4 is 33.2 Å². The van der Waals surface area contributed by atoms with Crippen LogP contribution in [-0.2, 0) is 5.41 Å². The molecule has 0 aliphatic carbocycles. The van der Waals surface area contributed by atoms with Gasteiger partial charge in [-0.2, -0.15) is 0 Å². The van der Waals surface area contributed by atoms with Gasteiger partial charge < -0.3 is 11.1 Å². The molecule has 2 aromatic rings. The average Bonchev–Trinajstić information content (AvgIpc) is 2.41. The van der Waals surface area contributed by atoms with Crippen LogP contribution in [0.1, 0.15) is 36.7 Å². The van der Waals surface area contributed by atoms with Gasteiger partial charge in [-0.25, -0.2) is 0 Å². The normalized spacial score (nSPS) is 11.2. The van der Waals surface area contributed by atoms with E-state index in [0.717, 1.165) is 15.7 Å². The Labute approximate surface area is 133 Å². The summed E-state index contributed by atoms with van der Waals surface area (Å²) in [6, 6.07) is 13.0. The molecule has 0 aliphatic rings. The highest BCUT2D eigenvalue weighted by Gasteiger charge is 2.19. The smallest absolute Gasteiger partial charge is 0.255 e. The van der Waals surface area contributed by atoms with Gasteiger partial charge in [-0.15, -0.1) is 0 Å². The molecule has 2 rings (SSSR count). The molecule has 0 bridgehead atoms. The zero-order valence-corrected chi connectivity index (χ0v) is 14.0. The minimum atomic E-state index is -0.146. The molecule has 0 saturated carbocycles. The van der Waals surface area contributed by atoms with E-state index in [-0.39, 0.29) is 11.3 Å². The van der Waals surface area contributed by atoms with Crippen LogP contribution in [-0.4, -0.2) is 5.91 Å². The molecule has 0 saturated heterocycles. The van der Waals surface area contributed by atoms with Crippen molar-refractivity contribution in [3.05, 3.63) is 58.1 Å². The third kappa shape index (κ3) is 3.64. The molecule has 4 heteroatoms. The number of carbonyl (C=O) groups is 1. The first-order chi connectivity index (χ1) is 9.79. The van der Waals surface area contributed by atoms with Crippen molar-refractivity contribution in [1.82, 2.24) is 0 Å². The van der Waals surface area contributed by atoms with E-state index < -0.39 is 0 Å². The second kappa shape index (κ2) is 5.90. The van der Waals surface area contributed by atoms with Crippen molar-refractivity contribution in [1.29, 1.82) is 0 Å². The van der Waals surface area contributed by atoms with Crippen LogP contribution in [0, 0.1) is 0 Å². The molecule has 0 unspecified atom stereocenters. The number of halogens is 1. The summed E-state index contributed by atoms with van der Waals surface area (Å²) in [5.41, 5.74) is 8.83. The van der Waals surface area contributed by atoms with E-state index in [2.05, 4.69) is 42.0 Å². The SMILES string of the molecule is CC(C)(C)c1ccccc1NC(=O)c1ccc(N)c(Br)c1. The number of amides is 1. The molecule has 1 amide bonds. The Kier molecular flexibility index (Phi) is 4.37. The average molecular weight is 347 g/mol. The van der Waals surface area contributed by atoms with Gasteiger partial charge in [-0.3, -0.25) is 4.79 Å². The monoisotopic (exact) mass is 346 g/mol. The third-order valence-corrected chi connectivity index (χ3v) is 3.93. The molecule has 0 radical (unpaired) electrons. The second-order valence-electron chi connectivity index (χ2n) is 5.99. The quantitative estimate of drug-likeness (QED) is 0.781. The molecule has 0 aromatic heterocycles. The summed E-state index contributed by atoms with van der Waals surface area (Å²) in [4.78, 5) is 12.4. The lowest BCUT2D eigenvalue weighted by molar-refractivity contribution is 0.102. The molecule has 110 valence electrons. The van der Waals surface area contributed by atoms with Crippen molar-refractivity contribution < 1.29 is 4.79 Å². The Morgan fingerprint density at radius 1 is 1.14 bits per heavy atom. The van der Waals surface area contributed by atoms with Crippen LogP contribution in [0.15, 0.2) is 46.9 Å². The first-order valence-electron chi connectivity index (χ1n) is 6.75. The van der Waals surface area contributed by atoms with Gasteiger partial charge in [0.1, 0.15) is 0 Å². The van der Waals surface area contributed by atoms with Crippen molar-refractivity contribution in [2.24, 2.45) is 0 Å². The highest BCUT2D eigenvalue weighted by Crippen LogP contribution is 2.29. The number of rotatable bonds is 2. The molecule has 0 atom stereocenters. The van der Waals surface area contributed by atoms with Gasteiger partial charge in [-0.05, 0) is 51.2 Å². The van der Waals surface area contributed by atoms with Crippen molar-refractivity contribution in [3.63, 3.8) is 0 Å². The van der Waals surface area contributed by atoms with E-state index in [9.17, 15) is 4.79 Å². The fourth-order valence-electron chi connectivity index (χ4n) is 2.11. The van der Waals surface area contributed by atoms with E-state index in [1.165, 1.54) is 0 Å². The predicted molar refractivity (Wildman–Crippen MR) is 91.6 cm³/mol. The zero-order valence-electron chi connectivity index (χ0n) is 12.4. The minimum absolute atomic E-state index is 0.0361. The van der Waals surface area contributed by atoms with Crippen LogP contribution < -0.4 is 11.1 Å². The van der Waals surface area contributed by atoms with Crippen LogP contribution in [0.4, 0.5) is 11.4 Å². The molecule has 2 aromatic carbocycles. The highest BCUT2D eigenvalue weighted by atomic mass is 79.9. The van der Waals surface area contributed by atoms with E-state index in [4.69, 9.17) is 5.73 Å². The fourth-order valence-corrected chi connectivity index (χ4v) is 2.49. The predicted octanol–water partition coefficient (Wildman–Crippen LogP) is 4.58. The molecule has 0 aliphatic heterocycles. The second-order valence-corrected chi connectivity index (χ2v) is 6.84. The number of hydrogen-bond donors (Lipinski definition) is 2. The summed E-state index contributed by atoms with van der Waals surface area (Å²) >= 11 is 3.34. The number of carbonyl (C=O) groups excluding carboxylic acids is 1. The topological polar surface area (TPSA) is 55.1 Å². The fraction of sp³-hybridized carbons (Fsp3) is 0.235. The summed E-state index contributed by atoms with van der Waals surface area (Å²) in [7, 11) is 0. The number of nitrogens with one attached hydrogen (secondary N) is 1. The molecule has 0 fully saturated rings. The Bertz CT molecular complexity index is 675. The van der Waals surface area contributed by atoms with Crippen LogP contribution in [0.5, 0.6) is 0 Å². The van der Waals surface area contributed by atoms with Crippen LogP contribution in [0.25, 0.3) is 0 Å². The summed E-state index contributed by atoms with van der Waals surface area (Å²) in [6.45, 7) is 6.37. The largest absolute Gasteiger partial charge is 0.398 e. The van der Waals surface area contributed by atoms with Crippen LogP contribution in [0.3, 0.4) is 0 Å². The first-order valence-corrected chi connectivity index (χ1v) is 7.54. The van der Waals surface area contributed by atoms with Gasteiger partial charge in [0, 0.05) is 21.4 Å². The lowest BCUT2D eigenvalue weighted by Gasteiger charge is -2.23. The molecule has 0 spiro atoms. The van der Waals surface area contributed by atoms with E-state index in [1.807, 2.05) is 24.3 Å². The molecule has 3 N–H and O–H groups in total. The third-order valence-electron chi connectivity index (χ3n) is 3.25. The van der Waals surface area contributed by atoms with Gasteiger partial charge >= 0.3 is 0 Å². The minimum Gasteiger partial charge on any atom is -0.398 e. The highest BCUT2D eigenvalue weighted by molar-refractivity contribution is 9.10. The lowest BCUT2D eigenvalue weighted by Crippen LogP contribution is -2.18. The number of nitrogens with two attached hydrogens (primary N) is 1. The molecular weight excluding hydrogens is 328 g/mol. The van der Waals surface area contributed by atoms with E-state index in [1.54, 1.807) is 18.2 Å². The van der Waals surface area contributed by atoms with Crippen LogP contribution in [0.2, 0.25) is 0 Å². The Morgan fingerprint density at radius 3 is 2.43 bits per heavy atom. The summed E-state index contributed by atoms with van der Waals surface area (Å²) in [6.07, 6.45) is 0. The van der Waals surface area contributed by atoms with Gasteiger partial charge in [0.15, 0.2) is 0 Å². The summed E-state index contributed by atoms with van der Waals surface area (Å²) in [5.74, 6) is -0.146. The standard InChI is InChI=1S/C17H19BrN2O/c1-17(2,3)12-6-4-5-7-15(12)20-16(21)11-8-9-14(19)13(18)10-11/h4-10H,19H2,1-3H3,(H,20,21). The number of anilines is 2. The summed E-state index contributed by atoms with van der Waals surface area (Å²) < 4.78 is 0.722. The van der Waals surface area contributed by atoms with Crippen molar-refractivity contribution in [3.8, 4) is 0 Å². The molecular formula is C17H19BrN2O. The Balaban J connectivity index is 2.30. The number of hydrogen-bond acceptors (Lipinski definition) is 2. The van der Waals surface area contributed by atoms with Gasteiger partial charge in [0.25, 0.3) is 5.91 Å². The van der Waals surface area contributed by atoms with Gasteiger partial charge in [0.2, 0.25) is 0 Å². The zero-order chi connectivity index (χ0) is 15.6. The number of benzene rings is 2. The first kappa shape index (κ1) is 15.6. The summed E-state index contributed by atoms with van der Waals surface area (Å²) in [5, 5.41) is 2.98. The van der Waals surface area contributed by atoms with Crippen LogP contribution >= 0.6 is 15.9 Å². The maximum absolute atomic E-state index is 12.4. The molecule has 0 heterocycles. The van der Waals surface area contributed by atoms with Crippen molar-refractivity contribution in [2.45, 2.75) is 26.2 Å². The Morgan fingerprint density at radius 2 is 1.81 bits per heavy atom. The van der Waals surface area contributed by atoms with Crippen molar-refractivity contribution in [2.75, 3.05) is 11.1 Å².